The average Bonchev–Trinajstić information content (AvgIpc) is 2.73. The van der Waals surface area contributed by atoms with E-state index in [4.69, 9.17) is 4.74 Å². The number of hydrogen-bond donors (Lipinski definition) is 3. The summed E-state index contributed by atoms with van der Waals surface area (Å²) >= 11 is 0. The highest BCUT2D eigenvalue weighted by Crippen LogP contribution is 2.18. The Hall–Kier alpha value is -3.02. The number of anilines is 2. The summed E-state index contributed by atoms with van der Waals surface area (Å²) in [5.41, 5.74) is 2.04. The summed E-state index contributed by atoms with van der Waals surface area (Å²) in [5.74, 6) is 0.508. The normalized spacial score (nSPS) is 10.3. The number of ether oxygens (including phenoxy) is 1. The van der Waals surface area contributed by atoms with Gasteiger partial charge in [0.2, 0.25) is 5.91 Å². The third-order valence-corrected chi connectivity index (χ3v) is 4.32. The molecule has 6 nitrogen and oxygen atoms in total. The Bertz CT molecular complexity index is 775. The van der Waals surface area contributed by atoms with E-state index >= 15 is 0 Å². The minimum atomic E-state index is -0.165. The summed E-state index contributed by atoms with van der Waals surface area (Å²) in [6.45, 7) is 5.48. The summed E-state index contributed by atoms with van der Waals surface area (Å²) in [4.78, 5) is 23.9. The van der Waals surface area contributed by atoms with Crippen LogP contribution in [0.1, 0.15) is 49.9 Å². The highest BCUT2D eigenvalue weighted by molar-refractivity contribution is 5.96. The minimum Gasteiger partial charge on any atom is -0.494 e. The molecule has 0 aliphatic rings. The van der Waals surface area contributed by atoms with Gasteiger partial charge in [-0.05, 0) is 49.7 Å². The van der Waals surface area contributed by atoms with Crippen molar-refractivity contribution in [2.24, 2.45) is 0 Å². The molecule has 0 bridgehead atoms. The zero-order valence-corrected chi connectivity index (χ0v) is 17.3. The fraction of sp³-hybridized carbons (Fsp3) is 0.391. The molecule has 0 heterocycles. The molecule has 2 rings (SSSR count). The highest BCUT2D eigenvalue weighted by Gasteiger charge is 2.06. The van der Waals surface area contributed by atoms with Crippen LogP contribution >= 0.6 is 0 Å². The van der Waals surface area contributed by atoms with Crippen LogP contribution in [0.15, 0.2) is 48.5 Å². The molecule has 0 aromatic heterocycles. The first-order valence-corrected chi connectivity index (χ1v) is 10.3. The molecule has 0 unspecified atom stereocenters. The lowest BCUT2D eigenvalue weighted by Crippen LogP contribution is -2.23. The van der Waals surface area contributed by atoms with Crippen molar-refractivity contribution in [3.05, 3.63) is 54.1 Å². The number of amides is 2. The maximum Gasteiger partial charge on any atom is 0.251 e. The van der Waals surface area contributed by atoms with Crippen molar-refractivity contribution in [2.75, 3.05) is 30.3 Å². The molecule has 0 saturated heterocycles. The lowest BCUT2D eigenvalue weighted by Gasteiger charge is -2.11. The molecule has 0 fully saturated rings. The summed E-state index contributed by atoms with van der Waals surface area (Å²) in [6.07, 6.45) is 4.67. The van der Waals surface area contributed by atoms with Gasteiger partial charge in [-0.15, -0.1) is 0 Å². The van der Waals surface area contributed by atoms with Gasteiger partial charge in [0.05, 0.1) is 13.2 Å². The summed E-state index contributed by atoms with van der Waals surface area (Å²) in [5, 5.41) is 8.66. The van der Waals surface area contributed by atoms with Crippen molar-refractivity contribution < 1.29 is 14.3 Å². The number of carbonyl (C=O) groups is 2. The molecule has 0 aliphatic carbocycles. The number of nitrogens with one attached hydrogen (secondary N) is 3. The van der Waals surface area contributed by atoms with E-state index in [-0.39, 0.29) is 18.4 Å². The maximum atomic E-state index is 12.2. The van der Waals surface area contributed by atoms with Gasteiger partial charge in [0.15, 0.2) is 0 Å². The van der Waals surface area contributed by atoms with Gasteiger partial charge in [0.1, 0.15) is 5.75 Å². The van der Waals surface area contributed by atoms with E-state index in [0.29, 0.717) is 24.4 Å². The van der Waals surface area contributed by atoms with E-state index in [1.165, 1.54) is 19.3 Å². The molecule has 156 valence electrons. The molecular formula is C23H31N3O3. The summed E-state index contributed by atoms with van der Waals surface area (Å²) in [7, 11) is 0. The lowest BCUT2D eigenvalue weighted by molar-refractivity contribution is -0.114. The van der Waals surface area contributed by atoms with Crippen molar-refractivity contribution in [2.45, 2.75) is 39.5 Å². The summed E-state index contributed by atoms with van der Waals surface area (Å²) in [6, 6.07) is 14.4. The van der Waals surface area contributed by atoms with Crippen LogP contribution in [0.2, 0.25) is 0 Å². The highest BCUT2D eigenvalue weighted by atomic mass is 16.5. The first-order chi connectivity index (χ1) is 14.1. The molecule has 2 amide bonds. The molecule has 6 heteroatoms. The Kier molecular flexibility index (Phi) is 9.55. The fourth-order valence-electron chi connectivity index (χ4n) is 2.77. The smallest absolute Gasteiger partial charge is 0.251 e. The second-order valence-corrected chi connectivity index (χ2v) is 6.78. The molecule has 2 aromatic carbocycles. The molecule has 2 aromatic rings. The van der Waals surface area contributed by atoms with Gasteiger partial charge >= 0.3 is 0 Å². The van der Waals surface area contributed by atoms with E-state index in [2.05, 4.69) is 22.9 Å². The third-order valence-electron chi connectivity index (χ3n) is 4.32. The zero-order valence-electron chi connectivity index (χ0n) is 17.3. The number of carbonyl (C=O) groups excluding carboxylic acids is 2. The fourth-order valence-corrected chi connectivity index (χ4v) is 2.77. The van der Waals surface area contributed by atoms with Crippen molar-refractivity contribution in [3.8, 4) is 5.75 Å². The van der Waals surface area contributed by atoms with Crippen LogP contribution in [-0.4, -0.2) is 31.5 Å². The van der Waals surface area contributed by atoms with Gasteiger partial charge in [0, 0.05) is 29.5 Å². The first-order valence-electron chi connectivity index (χ1n) is 10.3. The van der Waals surface area contributed by atoms with E-state index in [9.17, 15) is 9.59 Å². The predicted octanol–water partition coefficient (Wildman–Crippen LogP) is 4.45. The van der Waals surface area contributed by atoms with E-state index in [1.54, 1.807) is 24.3 Å². The Morgan fingerprint density at radius 3 is 2.45 bits per heavy atom. The van der Waals surface area contributed by atoms with Crippen LogP contribution in [0, 0.1) is 0 Å². The van der Waals surface area contributed by atoms with E-state index in [0.717, 1.165) is 17.9 Å². The molecule has 0 aliphatic heterocycles. The van der Waals surface area contributed by atoms with Gasteiger partial charge in [-0.2, -0.15) is 0 Å². The van der Waals surface area contributed by atoms with Crippen molar-refractivity contribution in [3.63, 3.8) is 0 Å². The van der Waals surface area contributed by atoms with Gasteiger partial charge in [-0.1, -0.05) is 32.3 Å². The minimum absolute atomic E-state index is 0.125. The second-order valence-electron chi connectivity index (χ2n) is 6.78. The van der Waals surface area contributed by atoms with E-state index in [1.807, 2.05) is 31.2 Å². The Labute approximate surface area is 173 Å². The van der Waals surface area contributed by atoms with Crippen LogP contribution in [-0.2, 0) is 4.79 Å². The van der Waals surface area contributed by atoms with Gasteiger partial charge in [0.25, 0.3) is 5.91 Å². The number of benzene rings is 2. The Morgan fingerprint density at radius 1 is 0.931 bits per heavy atom. The summed E-state index contributed by atoms with van der Waals surface area (Å²) < 4.78 is 5.77. The standard InChI is InChI=1S/C23H31N3O3/c1-3-5-6-7-15-29-21-10-8-9-20(16-21)25-17-22(27)26-19-13-11-18(12-14-19)23(28)24-4-2/h8-14,16,25H,3-7,15,17H2,1-2H3,(H,24,28)(H,26,27). The van der Waals surface area contributed by atoms with Crippen molar-refractivity contribution in [1.82, 2.24) is 5.32 Å². The van der Waals surface area contributed by atoms with Crippen LogP contribution in [0.25, 0.3) is 0 Å². The molecule has 0 atom stereocenters. The Balaban J connectivity index is 1.77. The van der Waals surface area contributed by atoms with Crippen molar-refractivity contribution >= 4 is 23.2 Å². The van der Waals surface area contributed by atoms with Crippen LogP contribution < -0.4 is 20.7 Å². The molecule has 0 saturated carbocycles. The molecule has 3 N–H and O–H groups in total. The SMILES string of the molecule is CCCCCCOc1cccc(NCC(=O)Nc2ccc(C(=O)NCC)cc2)c1. The van der Waals surface area contributed by atoms with Gasteiger partial charge < -0.3 is 20.7 Å². The average molecular weight is 398 g/mol. The monoisotopic (exact) mass is 397 g/mol. The number of hydrogen-bond acceptors (Lipinski definition) is 4. The molecule has 0 radical (unpaired) electrons. The van der Waals surface area contributed by atoms with Gasteiger partial charge in [-0.25, -0.2) is 0 Å². The molecule has 0 spiro atoms. The first kappa shape index (κ1) is 22.3. The van der Waals surface area contributed by atoms with E-state index < -0.39 is 0 Å². The number of rotatable bonds is 12. The molecule has 29 heavy (non-hydrogen) atoms. The third kappa shape index (κ3) is 8.25. The quantitative estimate of drug-likeness (QED) is 0.463. The van der Waals surface area contributed by atoms with Gasteiger partial charge in [-0.3, -0.25) is 9.59 Å². The zero-order chi connectivity index (χ0) is 20.9. The Morgan fingerprint density at radius 2 is 1.72 bits per heavy atom. The second kappa shape index (κ2) is 12.4. The topological polar surface area (TPSA) is 79.5 Å². The number of unbranched alkanes of at least 4 members (excludes halogenated alkanes) is 3. The van der Waals surface area contributed by atoms with Crippen LogP contribution in [0.5, 0.6) is 5.75 Å². The van der Waals surface area contributed by atoms with Crippen LogP contribution in [0.4, 0.5) is 11.4 Å². The predicted molar refractivity (Wildman–Crippen MR) is 118 cm³/mol. The lowest BCUT2D eigenvalue weighted by atomic mass is 10.2. The van der Waals surface area contributed by atoms with Crippen LogP contribution in [0.3, 0.4) is 0 Å². The van der Waals surface area contributed by atoms with Crippen molar-refractivity contribution in [1.29, 1.82) is 0 Å². The maximum absolute atomic E-state index is 12.2. The largest absolute Gasteiger partial charge is 0.494 e. The molecular weight excluding hydrogens is 366 g/mol.